The maximum atomic E-state index is 11.9. The van der Waals surface area contributed by atoms with Crippen LogP contribution < -0.4 is 4.90 Å². The average Bonchev–Trinajstić information content (AvgIpc) is 2.57. The van der Waals surface area contributed by atoms with E-state index >= 15 is 0 Å². The third-order valence-corrected chi connectivity index (χ3v) is 5.55. The number of halogens is 1. The molecule has 0 atom stereocenters. The first-order valence-electron chi connectivity index (χ1n) is 8.33. The molecular formula is C17H24IN3O2. The molecule has 23 heavy (non-hydrogen) atoms. The van der Waals surface area contributed by atoms with Gasteiger partial charge in [-0.3, -0.25) is 4.79 Å². The topological polar surface area (TPSA) is 45.7 Å². The van der Waals surface area contributed by atoms with Crippen molar-refractivity contribution in [1.29, 1.82) is 0 Å². The summed E-state index contributed by atoms with van der Waals surface area (Å²) >= 11 is 2.28. The number of carbonyl (C=O) groups excluding carboxylic acids is 1. The fourth-order valence-electron chi connectivity index (χ4n) is 3.63. The average molecular weight is 429 g/mol. The maximum Gasteiger partial charge on any atom is 0.248 e. The molecule has 0 spiro atoms. The zero-order valence-electron chi connectivity index (χ0n) is 13.6. The summed E-state index contributed by atoms with van der Waals surface area (Å²) in [6.07, 6.45) is 6.51. The highest BCUT2D eigenvalue weighted by molar-refractivity contribution is 14.1. The molecule has 3 rings (SSSR count). The summed E-state index contributed by atoms with van der Waals surface area (Å²) in [4.78, 5) is 20.7. The summed E-state index contributed by atoms with van der Waals surface area (Å²) in [7, 11) is 2.12. The number of morpholine rings is 1. The Hall–Kier alpha value is -0.890. The number of anilines is 1. The molecule has 2 heterocycles. The third kappa shape index (κ3) is 4.35. The molecule has 2 fully saturated rings. The normalized spacial score (nSPS) is 25.5. The fraction of sp³-hybridized carbons (Fsp3) is 0.647. The Labute approximate surface area is 151 Å². The molecule has 0 N–H and O–H groups in total. The van der Waals surface area contributed by atoms with E-state index in [9.17, 15) is 4.79 Å². The molecule has 1 saturated carbocycles. The molecule has 1 aromatic heterocycles. The highest BCUT2D eigenvalue weighted by Gasteiger charge is 2.30. The van der Waals surface area contributed by atoms with E-state index in [4.69, 9.17) is 4.74 Å². The minimum Gasteiger partial charge on any atom is -0.370 e. The summed E-state index contributed by atoms with van der Waals surface area (Å²) in [6, 6.07) is 4.60. The monoisotopic (exact) mass is 429 g/mol. The Balaban J connectivity index is 1.49. The van der Waals surface area contributed by atoms with Crippen molar-refractivity contribution in [2.75, 3.05) is 38.3 Å². The van der Waals surface area contributed by atoms with E-state index in [1.807, 2.05) is 11.1 Å². The number of nitrogens with zero attached hydrogens (tertiary/aromatic N) is 3. The Morgan fingerprint density at radius 2 is 2.13 bits per heavy atom. The summed E-state index contributed by atoms with van der Waals surface area (Å²) in [5.74, 6) is 1.89. The van der Waals surface area contributed by atoms with E-state index in [1.165, 1.54) is 12.8 Å². The van der Waals surface area contributed by atoms with Crippen LogP contribution in [0.2, 0.25) is 0 Å². The molecule has 0 unspecified atom stereocenters. The van der Waals surface area contributed by atoms with Crippen LogP contribution in [0.1, 0.15) is 25.7 Å². The molecule has 1 aliphatic carbocycles. The SMILES string of the molecule is CN(C[C@H]1CC[C@H](N2CCOCC2=O)CC1)c1ccc(I)cn1. The van der Waals surface area contributed by atoms with Crippen LogP contribution in [-0.2, 0) is 9.53 Å². The van der Waals surface area contributed by atoms with Crippen molar-refractivity contribution in [2.45, 2.75) is 31.7 Å². The first kappa shape index (κ1) is 17.0. The van der Waals surface area contributed by atoms with Gasteiger partial charge in [-0.15, -0.1) is 0 Å². The first-order chi connectivity index (χ1) is 11.1. The maximum absolute atomic E-state index is 11.9. The lowest BCUT2D eigenvalue weighted by Crippen LogP contribution is -2.49. The van der Waals surface area contributed by atoms with E-state index in [0.717, 1.165) is 35.3 Å². The molecule has 5 nitrogen and oxygen atoms in total. The van der Waals surface area contributed by atoms with Gasteiger partial charge in [-0.05, 0) is 66.3 Å². The van der Waals surface area contributed by atoms with Gasteiger partial charge in [0, 0.05) is 35.9 Å². The number of amides is 1. The second kappa shape index (κ2) is 7.79. The zero-order chi connectivity index (χ0) is 16.2. The van der Waals surface area contributed by atoms with Crippen LogP contribution in [0.3, 0.4) is 0 Å². The predicted octanol–water partition coefficient (Wildman–Crippen LogP) is 2.54. The number of carbonyl (C=O) groups is 1. The largest absolute Gasteiger partial charge is 0.370 e. The van der Waals surface area contributed by atoms with Crippen LogP contribution in [0.4, 0.5) is 5.82 Å². The van der Waals surface area contributed by atoms with Gasteiger partial charge in [0.2, 0.25) is 5.91 Å². The third-order valence-electron chi connectivity index (χ3n) is 4.91. The van der Waals surface area contributed by atoms with Crippen LogP contribution >= 0.6 is 22.6 Å². The van der Waals surface area contributed by atoms with Gasteiger partial charge in [0.1, 0.15) is 12.4 Å². The molecule has 126 valence electrons. The minimum absolute atomic E-state index is 0.167. The molecular weight excluding hydrogens is 405 g/mol. The van der Waals surface area contributed by atoms with Gasteiger partial charge in [-0.2, -0.15) is 0 Å². The van der Waals surface area contributed by atoms with Crippen LogP contribution in [0.25, 0.3) is 0 Å². The second-order valence-electron chi connectivity index (χ2n) is 6.53. The Bertz CT molecular complexity index is 529. The smallest absolute Gasteiger partial charge is 0.248 e. The van der Waals surface area contributed by atoms with E-state index in [0.29, 0.717) is 18.6 Å². The Morgan fingerprint density at radius 3 is 2.78 bits per heavy atom. The van der Waals surface area contributed by atoms with Gasteiger partial charge in [0.15, 0.2) is 0 Å². The number of ether oxygens (including phenoxy) is 1. The predicted molar refractivity (Wildman–Crippen MR) is 98.5 cm³/mol. The van der Waals surface area contributed by atoms with Crippen molar-refractivity contribution < 1.29 is 9.53 Å². The van der Waals surface area contributed by atoms with Gasteiger partial charge in [0.25, 0.3) is 0 Å². The van der Waals surface area contributed by atoms with Crippen molar-refractivity contribution >= 4 is 34.3 Å². The Morgan fingerprint density at radius 1 is 1.35 bits per heavy atom. The standard InChI is InChI=1S/C17H24IN3O2/c1-20(16-7-4-14(18)10-19-16)11-13-2-5-15(6-3-13)21-8-9-23-12-17(21)22/h4,7,10,13,15H,2-3,5-6,8-9,11-12H2,1H3/t13-,15-. The van der Waals surface area contributed by atoms with Crippen LogP contribution in [0.5, 0.6) is 0 Å². The van der Waals surface area contributed by atoms with Crippen molar-refractivity contribution in [1.82, 2.24) is 9.88 Å². The molecule has 1 saturated heterocycles. The van der Waals surface area contributed by atoms with Gasteiger partial charge in [0.05, 0.1) is 6.61 Å². The summed E-state index contributed by atoms with van der Waals surface area (Å²) in [5.41, 5.74) is 0. The fourth-order valence-corrected chi connectivity index (χ4v) is 3.95. The minimum atomic E-state index is 0.167. The van der Waals surface area contributed by atoms with E-state index in [2.05, 4.69) is 51.7 Å². The lowest BCUT2D eigenvalue weighted by Gasteiger charge is -2.39. The number of aromatic nitrogens is 1. The molecule has 1 aromatic rings. The summed E-state index contributed by atoms with van der Waals surface area (Å²) < 4.78 is 6.39. The highest BCUT2D eigenvalue weighted by Crippen LogP contribution is 2.29. The van der Waals surface area contributed by atoms with Crippen molar-refractivity contribution in [2.24, 2.45) is 5.92 Å². The van der Waals surface area contributed by atoms with Crippen molar-refractivity contribution in [3.05, 3.63) is 21.9 Å². The summed E-state index contributed by atoms with van der Waals surface area (Å²) in [5, 5.41) is 0. The lowest BCUT2D eigenvalue weighted by molar-refractivity contribution is -0.146. The lowest BCUT2D eigenvalue weighted by atomic mass is 9.85. The molecule has 1 amide bonds. The van der Waals surface area contributed by atoms with Gasteiger partial charge in [-0.1, -0.05) is 0 Å². The molecule has 0 aromatic carbocycles. The Kier molecular flexibility index (Phi) is 5.74. The number of hydrogen-bond acceptors (Lipinski definition) is 4. The molecule has 2 aliphatic rings. The second-order valence-corrected chi connectivity index (χ2v) is 7.78. The zero-order valence-corrected chi connectivity index (χ0v) is 15.7. The molecule has 0 radical (unpaired) electrons. The van der Waals surface area contributed by atoms with Gasteiger partial charge in [-0.25, -0.2) is 4.98 Å². The molecule has 6 heteroatoms. The summed E-state index contributed by atoms with van der Waals surface area (Å²) in [6.45, 7) is 2.76. The van der Waals surface area contributed by atoms with Gasteiger partial charge < -0.3 is 14.5 Å². The van der Waals surface area contributed by atoms with Crippen LogP contribution in [0.15, 0.2) is 18.3 Å². The molecule has 0 bridgehead atoms. The van der Waals surface area contributed by atoms with E-state index in [-0.39, 0.29) is 12.5 Å². The quantitative estimate of drug-likeness (QED) is 0.691. The first-order valence-corrected chi connectivity index (χ1v) is 9.41. The van der Waals surface area contributed by atoms with Crippen LogP contribution in [-0.4, -0.2) is 55.2 Å². The van der Waals surface area contributed by atoms with Crippen molar-refractivity contribution in [3.63, 3.8) is 0 Å². The molecule has 1 aliphatic heterocycles. The highest BCUT2D eigenvalue weighted by atomic mass is 127. The number of hydrogen-bond donors (Lipinski definition) is 0. The van der Waals surface area contributed by atoms with E-state index in [1.54, 1.807) is 0 Å². The van der Waals surface area contributed by atoms with Crippen molar-refractivity contribution in [3.8, 4) is 0 Å². The van der Waals surface area contributed by atoms with Gasteiger partial charge >= 0.3 is 0 Å². The van der Waals surface area contributed by atoms with Crippen LogP contribution in [0, 0.1) is 9.49 Å². The number of rotatable bonds is 4. The number of pyridine rings is 1. The van der Waals surface area contributed by atoms with E-state index < -0.39 is 0 Å².